The molecule has 0 atom stereocenters. The number of pyridine rings is 2. The molecule has 5 heteroatoms. The third-order valence-electron chi connectivity index (χ3n) is 4.13. The van der Waals surface area contributed by atoms with Crippen LogP contribution in [0.3, 0.4) is 0 Å². The van der Waals surface area contributed by atoms with Gasteiger partial charge in [-0.25, -0.2) is 0 Å². The second-order valence-electron chi connectivity index (χ2n) is 7.99. The number of nitrogens with zero attached hydrogens (tertiary/aromatic N) is 2. The molecule has 0 saturated heterocycles. The summed E-state index contributed by atoms with van der Waals surface area (Å²) in [5, 5.41) is 0. The molecule has 128 valence electrons. The van der Waals surface area contributed by atoms with Crippen LogP contribution in [-0.2, 0) is 20.1 Å². The monoisotopic (exact) mass is 484 g/mol. The van der Waals surface area contributed by atoms with Crippen molar-refractivity contribution in [2.75, 3.05) is 0 Å². The van der Waals surface area contributed by atoms with Gasteiger partial charge in [-0.2, -0.15) is 0 Å². The molecular formula is C18H24Br2N2Ni+2. The van der Waals surface area contributed by atoms with Crippen molar-refractivity contribution in [1.82, 2.24) is 0 Å². The summed E-state index contributed by atoms with van der Waals surface area (Å²) in [6.45, 7) is 13.6. The van der Waals surface area contributed by atoms with Crippen molar-refractivity contribution < 1.29 is 16.6 Å². The molecule has 0 bridgehead atoms. The van der Waals surface area contributed by atoms with E-state index < -0.39 is 9.27 Å². The Labute approximate surface area is 156 Å². The van der Waals surface area contributed by atoms with E-state index in [2.05, 4.69) is 114 Å². The first-order valence-corrected chi connectivity index (χ1v) is 13.4. The van der Waals surface area contributed by atoms with Gasteiger partial charge in [0.05, 0.1) is 0 Å². The summed E-state index contributed by atoms with van der Waals surface area (Å²) in [6.07, 6.45) is 4.40. The van der Waals surface area contributed by atoms with Gasteiger partial charge in [0.15, 0.2) is 0 Å². The third-order valence-corrected chi connectivity index (χ3v) is 10.0. The molecule has 0 unspecified atom stereocenters. The quantitative estimate of drug-likeness (QED) is 0.471. The summed E-state index contributed by atoms with van der Waals surface area (Å²) in [5.41, 5.74) is 5.52. The Morgan fingerprint density at radius 1 is 0.739 bits per heavy atom. The number of fused-ring (bicyclic) bond motifs is 3. The molecule has 1 aliphatic rings. The predicted molar refractivity (Wildman–Crippen MR) is 98.3 cm³/mol. The molecule has 0 amide bonds. The minimum absolute atomic E-state index is 0.141. The Morgan fingerprint density at radius 2 is 1.09 bits per heavy atom. The first-order chi connectivity index (χ1) is 10.4. The second-order valence-corrected chi connectivity index (χ2v) is 18.5. The molecule has 2 nitrogen and oxygen atoms in total. The van der Waals surface area contributed by atoms with Crippen molar-refractivity contribution in [2.45, 2.75) is 52.4 Å². The standard InChI is InChI=1S/C18H24N2.2BrH.Ni/c1-17(2,3)13-7-9-19-15(11-13)16-12-14(8-10-20-16)18(4,5)6;;;/h7-12H,1-6H3;2*1H;/q;;;+4/p-2. The van der Waals surface area contributed by atoms with Gasteiger partial charge in [0.2, 0.25) is 0 Å². The summed E-state index contributed by atoms with van der Waals surface area (Å²) >= 11 is 7.85. The summed E-state index contributed by atoms with van der Waals surface area (Å²) in [7, 11) is -1.55. The zero-order valence-corrected chi connectivity index (χ0v) is 18.6. The van der Waals surface area contributed by atoms with Crippen LogP contribution in [0.4, 0.5) is 0 Å². The Hall–Kier alpha value is -0.246. The summed E-state index contributed by atoms with van der Waals surface area (Å²) in [4.78, 5) is 0. The number of rotatable bonds is 0. The molecule has 3 rings (SSSR count). The molecular weight excluding hydrogens is 463 g/mol. The Kier molecular flexibility index (Phi) is 4.11. The van der Waals surface area contributed by atoms with Gasteiger partial charge in [-0.15, -0.1) is 0 Å². The van der Waals surface area contributed by atoms with E-state index in [1.165, 1.54) is 22.5 Å². The van der Waals surface area contributed by atoms with E-state index in [9.17, 15) is 0 Å². The molecule has 2 aromatic heterocycles. The molecule has 0 N–H and O–H groups in total. The van der Waals surface area contributed by atoms with Gasteiger partial charge in [-0.3, -0.25) is 0 Å². The average molecular weight is 487 g/mol. The maximum atomic E-state index is 3.93. The Balaban J connectivity index is 2.28. The number of hydrogen-bond acceptors (Lipinski definition) is 0. The van der Waals surface area contributed by atoms with E-state index in [0.29, 0.717) is 0 Å². The molecule has 0 aliphatic carbocycles. The van der Waals surface area contributed by atoms with Gasteiger partial charge >= 0.3 is 157 Å². The number of aromatic nitrogens is 2. The summed E-state index contributed by atoms with van der Waals surface area (Å²) in [6, 6.07) is 9.12. The maximum absolute atomic E-state index is 3.93. The van der Waals surface area contributed by atoms with Crippen molar-refractivity contribution in [1.29, 1.82) is 0 Å². The normalized spacial score (nSPS) is 17.6. The van der Waals surface area contributed by atoms with E-state index in [-0.39, 0.29) is 10.8 Å². The van der Waals surface area contributed by atoms with Crippen molar-refractivity contribution >= 4 is 28.5 Å². The fourth-order valence-corrected chi connectivity index (χ4v) is 7.49. The van der Waals surface area contributed by atoms with Crippen LogP contribution in [0, 0.1) is 0 Å². The second kappa shape index (κ2) is 5.37. The van der Waals surface area contributed by atoms with E-state index in [1.54, 1.807) is 0 Å². The third kappa shape index (κ3) is 2.94. The molecule has 0 saturated carbocycles. The van der Waals surface area contributed by atoms with Crippen molar-refractivity contribution in [3.8, 4) is 11.4 Å². The van der Waals surface area contributed by atoms with Crippen molar-refractivity contribution in [2.24, 2.45) is 0 Å². The van der Waals surface area contributed by atoms with Crippen LogP contribution in [0.5, 0.6) is 0 Å². The molecule has 0 spiro atoms. The zero-order valence-electron chi connectivity index (χ0n) is 14.4. The first-order valence-electron chi connectivity index (χ1n) is 7.63. The van der Waals surface area contributed by atoms with Crippen LogP contribution >= 0.6 is 28.5 Å². The van der Waals surface area contributed by atoms with Gasteiger partial charge < -0.3 is 0 Å². The number of hydrogen-bond donors (Lipinski definition) is 0. The SMILES string of the molecule is CC(C)(C)c1cc[n+]2c(c1)-c1cc(C(C)(C)C)cc[n+]1[Ni]2([Br])[Br]. The summed E-state index contributed by atoms with van der Waals surface area (Å²) < 4.78 is 4.64. The van der Waals surface area contributed by atoms with Crippen LogP contribution in [0.25, 0.3) is 11.4 Å². The van der Waals surface area contributed by atoms with E-state index in [1.807, 2.05) is 0 Å². The zero-order chi connectivity index (χ0) is 17.2. The topological polar surface area (TPSA) is 7.76 Å². The molecule has 0 aromatic carbocycles. The molecule has 2 aromatic rings. The Morgan fingerprint density at radius 3 is 1.39 bits per heavy atom. The van der Waals surface area contributed by atoms with E-state index in [4.69, 9.17) is 0 Å². The van der Waals surface area contributed by atoms with Crippen molar-refractivity contribution in [3.63, 3.8) is 0 Å². The number of halogens is 2. The molecule has 3 heterocycles. The van der Waals surface area contributed by atoms with Crippen LogP contribution in [0.2, 0.25) is 0 Å². The van der Waals surface area contributed by atoms with Crippen molar-refractivity contribution in [3.05, 3.63) is 47.8 Å². The first kappa shape index (κ1) is 17.6. The molecule has 0 fully saturated rings. The van der Waals surface area contributed by atoms with Crippen LogP contribution in [0.1, 0.15) is 52.7 Å². The van der Waals surface area contributed by atoms with Gasteiger partial charge in [-0.1, -0.05) is 0 Å². The molecule has 1 aliphatic heterocycles. The van der Waals surface area contributed by atoms with Crippen LogP contribution in [0.15, 0.2) is 36.7 Å². The van der Waals surface area contributed by atoms with Gasteiger partial charge in [0, 0.05) is 0 Å². The van der Waals surface area contributed by atoms with Gasteiger partial charge in [0.1, 0.15) is 0 Å². The minimum atomic E-state index is -1.55. The van der Waals surface area contributed by atoms with E-state index >= 15 is 0 Å². The Bertz CT molecular complexity index is 721. The fourth-order valence-electron chi connectivity index (χ4n) is 2.60. The average Bonchev–Trinajstić information content (AvgIpc) is 2.65. The summed E-state index contributed by atoms with van der Waals surface area (Å²) in [5.74, 6) is 0. The van der Waals surface area contributed by atoms with Gasteiger partial charge in [0.25, 0.3) is 0 Å². The van der Waals surface area contributed by atoms with E-state index in [0.717, 1.165) is 0 Å². The predicted octanol–water partition coefficient (Wildman–Crippen LogP) is 4.84. The van der Waals surface area contributed by atoms with Gasteiger partial charge in [-0.05, 0) is 0 Å². The van der Waals surface area contributed by atoms with Crippen LogP contribution < -0.4 is 7.30 Å². The fraction of sp³-hybridized carbons (Fsp3) is 0.444. The van der Waals surface area contributed by atoms with Crippen LogP contribution in [-0.4, -0.2) is 0 Å². The molecule has 23 heavy (non-hydrogen) atoms. The molecule has 0 radical (unpaired) electrons.